The number of carbonyl (C=O) groups is 2. The molecule has 0 unspecified atom stereocenters. The topological polar surface area (TPSA) is 126 Å². The van der Waals surface area contributed by atoms with Crippen LogP contribution in [0.5, 0.6) is 0 Å². The summed E-state index contributed by atoms with van der Waals surface area (Å²) in [7, 11) is 1.34. The monoisotopic (exact) mass is 573 g/mol. The molecule has 1 atom stereocenters. The number of rotatable bonds is 4. The lowest BCUT2D eigenvalue weighted by Gasteiger charge is -2.35. The van der Waals surface area contributed by atoms with Gasteiger partial charge in [-0.1, -0.05) is 23.7 Å². The molecule has 10 nitrogen and oxygen atoms in total. The Morgan fingerprint density at radius 2 is 1.87 bits per heavy atom. The Labute approximate surface area is 225 Å². The van der Waals surface area contributed by atoms with Crippen LogP contribution in [-0.4, -0.2) is 40.4 Å². The number of nitrogens with zero attached hydrogens (tertiary/aromatic N) is 3. The van der Waals surface area contributed by atoms with Crippen LogP contribution in [0.1, 0.15) is 45.2 Å². The van der Waals surface area contributed by atoms with Gasteiger partial charge in [0.25, 0.3) is 5.69 Å². The minimum Gasteiger partial charge on any atom is -0.444 e. The van der Waals surface area contributed by atoms with E-state index in [9.17, 15) is 32.9 Å². The number of anilines is 2. The second-order valence-electron chi connectivity index (χ2n) is 9.83. The van der Waals surface area contributed by atoms with Gasteiger partial charge < -0.3 is 10.1 Å². The third-order valence-corrected chi connectivity index (χ3v) is 5.92. The second-order valence-corrected chi connectivity index (χ2v) is 10.2. The average Bonchev–Trinajstić information content (AvgIpc) is 2.76. The van der Waals surface area contributed by atoms with E-state index in [2.05, 4.69) is 15.6 Å². The number of aliphatic imine (C=N–C) groups is 1. The molecule has 2 N–H and O–H groups in total. The molecule has 0 spiro atoms. The molecule has 15 heteroatoms. The highest BCUT2D eigenvalue weighted by Crippen LogP contribution is 2.46. The number of ether oxygens (including phenoxy) is 1. The average molecular weight is 574 g/mol. The zero-order valence-corrected chi connectivity index (χ0v) is 22.1. The summed E-state index contributed by atoms with van der Waals surface area (Å²) in [6.07, 6.45) is -6.40. The number of nitrogens with one attached hydrogen (secondary N) is 2. The van der Waals surface area contributed by atoms with Crippen molar-refractivity contribution in [2.75, 3.05) is 12.4 Å². The molecular formula is C24H24ClF4N5O5. The van der Waals surface area contributed by atoms with Crippen LogP contribution in [0.3, 0.4) is 0 Å². The van der Waals surface area contributed by atoms with Gasteiger partial charge in [0.2, 0.25) is 11.9 Å². The molecular weight excluding hydrogens is 550 g/mol. The van der Waals surface area contributed by atoms with Gasteiger partial charge in [0.1, 0.15) is 16.9 Å². The van der Waals surface area contributed by atoms with Crippen LogP contribution in [0.25, 0.3) is 0 Å². The van der Waals surface area contributed by atoms with Crippen molar-refractivity contribution in [3.05, 3.63) is 62.4 Å². The molecule has 1 heterocycles. The summed E-state index contributed by atoms with van der Waals surface area (Å²) in [6, 6.07) is 5.07. The number of hydrogen-bond donors (Lipinski definition) is 2. The Balaban J connectivity index is 2.10. The van der Waals surface area contributed by atoms with E-state index in [1.807, 2.05) is 0 Å². The molecule has 0 saturated carbocycles. The molecule has 0 aromatic heterocycles. The molecule has 0 saturated heterocycles. The van der Waals surface area contributed by atoms with Gasteiger partial charge in [0.05, 0.1) is 27.6 Å². The van der Waals surface area contributed by atoms with Crippen molar-refractivity contribution in [1.29, 1.82) is 0 Å². The number of alkyl carbamates (subject to hydrolysis) is 1. The molecule has 3 rings (SSSR count). The number of amides is 2. The maximum Gasteiger partial charge on any atom is 0.420 e. The first-order valence-corrected chi connectivity index (χ1v) is 11.7. The molecule has 0 fully saturated rings. The van der Waals surface area contributed by atoms with Crippen LogP contribution in [0.2, 0.25) is 5.02 Å². The Morgan fingerprint density at radius 1 is 1.23 bits per heavy atom. The van der Waals surface area contributed by atoms with E-state index in [0.717, 1.165) is 23.1 Å². The van der Waals surface area contributed by atoms with Crippen LogP contribution in [0.4, 0.5) is 39.4 Å². The summed E-state index contributed by atoms with van der Waals surface area (Å²) in [5.74, 6) is -1.92. The Morgan fingerprint density at radius 3 is 2.44 bits per heavy atom. The smallest absolute Gasteiger partial charge is 0.420 e. The third-order valence-electron chi connectivity index (χ3n) is 5.60. The highest BCUT2D eigenvalue weighted by Gasteiger charge is 2.42. The first-order chi connectivity index (χ1) is 17.8. The lowest BCUT2D eigenvalue weighted by Crippen LogP contribution is -2.52. The number of carbonyl (C=O) groups excluding carboxylic acids is 2. The first-order valence-electron chi connectivity index (χ1n) is 11.3. The van der Waals surface area contributed by atoms with E-state index in [1.165, 1.54) is 26.1 Å². The fourth-order valence-corrected chi connectivity index (χ4v) is 4.11. The number of hydrogen-bond acceptors (Lipinski definition) is 7. The molecule has 1 aliphatic rings. The van der Waals surface area contributed by atoms with Crippen molar-refractivity contribution in [2.24, 2.45) is 4.99 Å². The van der Waals surface area contributed by atoms with Gasteiger partial charge in [0, 0.05) is 18.7 Å². The van der Waals surface area contributed by atoms with E-state index >= 15 is 4.39 Å². The minimum atomic E-state index is -5.11. The van der Waals surface area contributed by atoms with Crippen molar-refractivity contribution < 1.29 is 36.8 Å². The summed E-state index contributed by atoms with van der Waals surface area (Å²) in [6.45, 7) is 6.25. The minimum absolute atomic E-state index is 0.226. The quantitative estimate of drug-likeness (QED) is 0.258. The van der Waals surface area contributed by atoms with Gasteiger partial charge >= 0.3 is 12.3 Å². The van der Waals surface area contributed by atoms with E-state index in [0.29, 0.717) is 0 Å². The summed E-state index contributed by atoms with van der Waals surface area (Å²) < 4.78 is 62.3. The highest BCUT2D eigenvalue weighted by molar-refractivity contribution is 6.32. The number of guanidine groups is 1. The summed E-state index contributed by atoms with van der Waals surface area (Å²) in [5.41, 5.74) is -6.87. The number of nitro benzene ring substituents is 1. The molecule has 2 aromatic carbocycles. The predicted octanol–water partition coefficient (Wildman–Crippen LogP) is 6.11. The Hall–Kier alpha value is -3.94. The maximum absolute atomic E-state index is 15.8. The van der Waals surface area contributed by atoms with Crippen molar-refractivity contribution in [3.63, 3.8) is 0 Å². The molecule has 2 aromatic rings. The number of halogens is 5. The fourth-order valence-electron chi connectivity index (χ4n) is 3.84. The zero-order valence-electron chi connectivity index (χ0n) is 21.4. The first kappa shape index (κ1) is 29.6. The van der Waals surface area contributed by atoms with Crippen molar-refractivity contribution in [3.8, 4) is 0 Å². The molecule has 0 bridgehead atoms. The van der Waals surface area contributed by atoms with Crippen LogP contribution >= 0.6 is 11.6 Å². The number of alkyl halides is 3. The fraction of sp³-hybridized carbons (Fsp3) is 0.375. The van der Waals surface area contributed by atoms with Crippen LogP contribution in [-0.2, 0) is 21.2 Å². The third kappa shape index (κ3) is 6.38. The lowest BCUT2D eigenvalue weighted by molar-refractivity contribution is -0.384. The van der Waals surface area contributed by atoms with E-state index in [-0.39, 0.29) is 17.9 Å². The molecule has 210 valence electrons. The van der Waals surface area contributed by atoms with Crippen LogP contribution in [0, 0.1) is 15.9 Å². The van der Waals surface area contributed by atoms with E-state index in [4.69, 9.17) is 16.3 Å². The van der Waals surface area contributed by atoms with Gasteiger partial charge in [0.15, 0.2) is 5.82 Å². The summed E-state index contributed by atoms with van der Waals surface area (Å²) in [4.78, 5) is 40.8. The number of nitro groups is 1. The molecule has 39 heavy (non-hydrogen) atoms. The lowest BCUT2D eigenvalue weighted by atomic mass is 9.86. The van der Waals surface area contributed by atoms with E-state index < -0.39 is 67.7 Å². The van der Waals surface area contributed by atoms with Crippen molar-refractivity contribution >= 4 is 46.6 Å². The molecule has 0 aliphatic carbocycles. The SMILES string of the molecule is CN1C(=O)C[C@@](C)(c2cccc(Nc3c([N+](=O)[O-])ccc(Cl)c3C(F)(F)F)c2F)N=C1NC(=O)OC(C)(C)C. The van der Waals surface area contributed by atoms with Gasteiger partial charge in [-0.2, -0.15) is 13.2 Å². The number of benzene rings is 2. The highest BCUT2D eigenvalue weighted by atomic mass is 35.5. The zero-order chi connectivity index (χ0) is 29.5. The van der Waals surface area contributed by atoms with E-state index in [1.54, 1.807) is 20.8 Å². The molecule has 1 aliphatic heterocycles. The molecule has 2 amide bonds. The van der Waals surface area contributed by atoms with Crippen LogP contribution < -0.4 is 10.6 Å². The largest absolute Gasteiger partial charge is 0.444 e. The van der Waals surface area contributed by atoms with Gasteiger partial charge in [-0.05, 0) is 39.8 Å². The van der Waals surface area contributed by atoms with Crippen molar-refractivity contribution in [2.45, 2.75) is 51.4 Å². The van der Waals surface area contributed by atoms with Gasteiger partial charge in [-0.25, -0.2) is 14.2 Å². The Bertz CT molecular complexity index is 1380. The van der Waals surface area contributed by atoms with Gasteiger partial charge in [-0.15, -0.1) is 0 Å². The molecule has 0 radical (unpaired) electrons. The standard InChI is InChI=1S/C24H24ClF4N5O5/c1-22(2,3)39-21(36)31-20-32-23(4,11-16(35)33(20)5)12-7-6-8-14(18(12)26)30-19-15(34(37)38)10-9-13(25)17(19)24(27,28)29/h6-10,30H,11H2,1-5H3,(H,31,32,36)/t23-/m0/s1. The summed E-state index contributed by atoms with van der Waals surface area (Å²) >= 11 is 5.72. The second kappa shape index (κ2) is 10.3. The Kier molecular flexibility index (Phi) is 7.84. The summed E-state index contributed by atoms with van der Waals surface area (Å²) in [5, 5.41) is 15.2. The van der Waals surface area contributed by atoms with Gasteiger partial charge in [-0.3, -0.25) is 25.1 Å². The maximum atomic E-state index is 15.8. The van der Waals surface area contributed by atoms with Crippen LogP contribution in [0.15, 0.2) is 35.3 Å². The van der Waals surface area contributed by atoms with Crippen molar-refractivity contribution in [1.82, 2.24) is 10.2 Å². The normalized spacial score (nSPS) is 17.9. The predicted molar refractivity (Wildman–Crippen MR) is 134 cm³/mol.